The highest BCUT2D eigenvalue weighted by Crippen LogP contribution is 2.08. The minimum atomic E-state index is -0.304. The van der Waals surface area contributed by atoms with Crippen molar-refractivity contribution in [1.82, 2.24) is 5.43 Å². The number of benzene rings is 1. The van der Waals surface area contributed by atoms with Crippen molar-refractivity contribution in [1.29, 1.82) is 0 Å². The zero-order chi connectivity index (χ0) is 12.8. The predicted octanol–water partition coefficient (Wildman–Crippen LogP) is 1.77. The first-order chi connectivity index (χ1) is 7.99. The highest BCUT2D eigenvalue weighted by atomic mass is 32.1. The van der Waals surface area contributed by atoms with Crippen molar-refractivity contribution >= 4 is 45.9 Å². The molecule has 1 aromatic carbocycles. The van der Waals surface area contributed by atoms with Crippen LogP contribution in [0.15, 0.2) is 29.4 Å². The zero-order valence-corrected chi connectivity index (χ0v) is 10.7. The average Bonchev–Trinajstić information content (AvgIpc) is 2.28. The standard InChI is InChI=1S/C10H11FN4S2/c1-6(14-15-10(12)17)9(16)13-8-4-2-7(11)3-5-8/h2-5H,1H3,(H,13,16)(H3,12,15,17)/b14-6-. The number of thiocarbonyl (C=S) groups is 2. The first kappa shape index (κ1) is 13.5. The first-order valence-electron chi connectivity index (χ1n) is 4.65. The summed E-state index contributed by atoms with van der Waals surface area (Å²) in [5.41, 5.74) is 8.86. The Hall–Kier alpha value is -1.60. The van der Waals surface area contributed by atoms with Gasteiger partial charge in [-0.2, -0.15) is 5.10 Å². The molecule has 0 heterocycles. The van der Waals surface area contributed by atoms with E-state index in [1.54, 1.807) is 19.1 Å². The van der Waals surface area contributed by atoms with Crippen LogP contribution >= 0.6 is 24.4 Å². The Morgan fingerprint density at radius 3 is 2.41 bits per heavy atom. The molecular formula is C10H11FN4S2. The molecule has 0 saturated carbocycles. The van der Waals surface area contributed by atoms with E-state index in [9.17, 15) is 4.39 Å². The van der Waals surface area contributed by atoms with Gasteiger partial charge in [-0.15, -0.1) is 0 Å². The zero-order valence-electron chi connectivity index (χ0n) is 9.03. The van der Waals surface area contributed by atoms with Gasteiger partial charge < -0.3 is 11.1 Å². The molecule has 4 nitrogen and oxygen atoms in total. The van der Waals surface area contributed by atoms with Crippen molar-refractivity contribution < 1.29 is 4.39 Å². The summed E-state index contributed by atoms with van der Waals surface area (Å²) in [6, 6.07) is 5.83. The van der Waals surface area contributed by atoms with Crippen LogP contribution in [0.1, 0.15) is 6.92 Å². The lowest BCUT2D eigenvalue weighted by Gasteiger charge is -2.07. The van der Waals surface area contributed by atoms with Crippen LogP contribution in [0.3, 0.4) is 0 Å². The molecule has 0 amide bonds. The smallest absolute Gasteiger partial charge is 0.184 e. The molecule has 0 fully saturated rings. The number of nitrogens with two attached hydrogens (primary N) is 1. The van der Waals surface area contributed by atoms with E-state index in [0.717, 1.165) is 0 Å². The number of hydrogen-bond acceptors (Lipinski definition) is 3. The summed E-state index contributed by atoms with van der Waals surface area (Å²) < 4.78 is 12.7. The highest BCUT2D eigenvalue weighted by Gasteiger charge is 2.02. The first-order valence-corrected chi connectivity index (χ1v) is 5.47. The maximum absolute atomic E-state index is 12.7. The van der Waals surface area contributed by atoms with Crippen molar-refractivity contribution in [2.75, 3.05) is 5.32 Å². The van der Waals surface area contributed by atoms with Gasteiger partial charge in [0.25, 0.3) is 0 Å². The largest absolute Gasteiger partial charge is 0.375 e. The second-order valence-corrected chi connectivity index (χ2v) is 3.98. The van der Waals surface area contributed by atoms with Gasteiger partial charge in [0.2, 0.25) is 0 Å². The Balaban J connectivity index is 2.63. The molecule has 0 bridgehead atoms. The molecule has 17 heavy (non-hydrogen) atoms. The summed E-state index contributed by atoms with van der Waals surface area (Å²) in [6.45, 7) is 1.70. The van der Waals surface area contributed by atoms with Crippen molar-refractivity contribution in [2.24, 2.45) is 10.8 Å². The Kier molecular flexibility index (Phi) is 4.92. The Labute approximate surface area is 109 Å². The molecule has 0 radical (unpaired) electrons. The topological polar surface area (TPSA) is 62.4 Å². The van der Waals surface area contributed by atoms with Gasteiger partial charge in [-0.3, -0.25) is 5.43 Å². The summed E-state index contributed by atoms with van der Waals surface area (Å²) in [5, 5.41) is 6.83. The average molecular weight is 270 g/mol. The van der Waals surface area contributed by atoms with Crippen LogP contribution in [0.2, 0.25) is 0 Å². The molecule has 0 aliphatic rings. The molecule has 90 valence electrons. The van der Waals surface area contributed by atoms with Crippen molar-refractivity contribution in [3.8, 4) is 0 Å². The van der Waals surface area contributed by atoms with Crippen LogP contribution in [-0.4, -0.2) is 15.8 Å². The predicted molar refractivity (Wildman–Crippen MR) is 75.7 cm³/mol. The number of halogens is 1. The van der Waals surface area contributed by atoms with E-state index in [1.165, 1.54) is 12.1 Å². The second kappa shape index (κ2) is 6.21. The normalized spacial score (nSPS) is 10.8. The molecule has 0 saturated heterocycles. The summed E-state index contributed by atoms with van der Waals surface area (Å²) in [6.07, 6.45) is 0. The Morgan fingerprint density at radius 1 is 1.29 bits per heavy atom. The summed E-state index contributed by atoms with van der Waals surface area (Å²) in [5.74, 6) is -0.304. The van der Waals surface area contributed by atoms with Gasteiger partial charge in [-0.25, -0.2) is 4.39 Å². The quantitative estimate of drug-likeness (QED) is 0.444. The number of nitrogens with zero attached hydrogens (tertiary/aromatic N) is 1. The van der Waals surface area contributed by atoms with Crippen molar-refractivity contribution in [2.45, 2.75) is 6.92 Å². The van der Waals surface area contributed by atoms with E-state index in [1.807, 2.05) is 0 Å². The third-order valence-electron chi connectivity index (χ3n) is 1.76. The Bertz CT molecular complexity index is 456. The van der Waals surface area contributed by atoms with Gasteiger partial charge in [0.1, 0.15) is 10.8 Å². The van der Waals surface area contributed by atoms with Gasteiger partial charge in [0.05, 0.1) is 5.71 Å². The number of rotatable bonds is 3. The molecular weight excluding hydrogens is 259 g/mol. The maximum atomic E-state index is 12.7. The number of hydrogen-bond donors (Lipinski definition) is 3. The highest BCUT2D eigenvalue weighted by molar-refractivity contribution is 7.82. The van der Waals surface area contributed by atoms with Gasteiger partial charge in [0, 0.05) is 5.69 Å². The fourth-order valence-electron chi connectivity index (χ4n) is 0.944. The van der Waals surface area contributed by atoms with E-state index in [4.69, 9.17) is 18.0 Å². The lowest BCUT2D eigenvalue weighted by molar-refractivity contribution is 0.628. The number of anilines is 1. The van der Waals surface area contributed by atoms with E-state index in [0.29, 0.717) is 16.4 Å². The molecule has 1 rings (SSSR count). The minimum absolute atomic E-state index is 0.0638. The van der Waals surface area contributed by atoms with E-state index in [2.05, 4.69) is 28.1 Å². The minimum Gasteiger partial charge on any atom is -0.375 e. The SMILES string of the molecule is C/C(=N/NC(N)=S)C(=S)Nc1ccc(F)cc1. The van der Waals surface area contributed by atoms with Crippen LogP contribution in [0, 0.1) is 5.82 Å². The van der Waals surface area contributed by atoms with Crippen LogP contribution in [0.5, 0.6) is 0 Å². The molecule has 4 N–H and O–H groups in total. The van der Waals surface area contributed by atoms with E-state index < -0.39 is 0 Å². The fraction of sp³-hybridized carbons (Fsp3) is 0.100. The van der Waals surface area contributed by atoms with Crippen LogP contribution in [-0.2, 0) is 0 Å². The van der Waals surface area contributed by atoms with Crippen LogP contribution in [0.4, 0.5) is 10.1 Å². The molecule has 0 aromatic heterocycles. The summed E-state index contributed by atoms with van der Waals surface area (Å²) in [4.78, 5) is 0.403. The van der Waals surface area contributed by atoms with Crippen molar-refractivity contribution in [3.05, 3.63) is 30.1 Å². The summed E-state index contributed by atoms with van der Waals surface area (Å²) in [7, 11) is 0. The van der Waals surface area contributed by atoms with Crippen molar-refractivity contribution in [3.63, 3.8) is 0 Å². The molecule has 0 aliphatic heterocycles. The molecule has 0 atom stereocenters. The molecule has 0 aliphatic carbocycles. The van der Waals surface area contributed by atoms with E-state index >= 15 is 0 Å². The lowest BCUT2D eigenvalue weighted by atomic mass is 10.3. The van der Waals surface area contributed by atoms with Gasteiger partial charge in [-0.05, 0) is 43.4 Å². The fourth-order valence-corrected chi connectivity index (χ4v) is 1.15. The van der Waals surface area contributed by atoms with E-state index in [-0.39, 0.29) is 10.9 Å². The Morgan fingerprint density at radius 2 is 1.88 bits per heavy atom. The van der Waals surface area contributed by atoms with Gasteiger partial charge >= 0.3 is 0 Å². The number of hydrazone groups is 1. The van der Waals surface area contributed by atoms with Gasteiger partial charge in [-0.1, -0.05) is 12.2 Å². The third kappa shape index (κ3) is 4.83. The monoisotopic (exact) mass is 270 g/mol. The molecule has 7 heteroatoms. The third-order valence-corrected chi connectivity index (χ3v) is 2.25. The van der Waals surface area contributed by atoms with Crippen LogP contribution in [0.25, 0.3) is 0 Å². The summed E-state index contributed by atoms with van der Waals surface area (Å²) >= 11 is 9.68. The molecule has 0 spiro atoms. The molecule has 1 aromatic rings. The second-order valence-electron chi connectivity index (χ2n) is 3.13. The van der Waals surface area contributed by atoms with Crippen LogP contribution < -0.4 is 16.5 Å². The maximum Gasteiger partial charge on any atom is 0.184 e. The lowest BCUT2D eigenvalue weighted by Crippen LogP contribution is -2.28. The number of nitrogens with one attached hydrogen (secondary N) is 2. The molecule has 0 unspecified atom stereocenters. The van der Waals surface area contributed by atoms with Gasteiger partial charge in [0.15, 0.2) is 5.11 Å².